The average molecular weight is 285 g/mol. The van der Waals surface area contributed by atoms with Crippen molar-refractivity contribution in [1.82, 2.24) is 5.32 Å². The van der Waals surface area contributed by atoms with Crippen LogP contribution in [0.1, 0.15) is 13.3 Å². The van der Waals surface area contributed by atoms with Crippen LogP contribution in [0.4, 0.5) is 0 Å². The normalized spacial score (nSPS) is 20.0. The molecule has 1 fully saturated rings. The molecule has 1 aliphatic rings. The van der Waals surface area contributed by atoms with Gasteiger partial charge in [-0.2, -0.15) is 0 Å². The van der Waals surface area contributed by atoms with Crippen LogP contribution in [0.5, 0.6) is 5.75 Å². The second-order valence-electron chi connectivity index (χ2n) is 5.25. The molecule has 1 aliphatic heterocycles. The fourth-order valence-corrected chi connectivity index (χ4v) is 2.43. The summed E-state index contributed by atoms with van der Waals surface area (Å²) in [5, 5.41) is 11.6. The molecule has 21 heavy (non-hydrogen) atoms. The lowest BCUT2D eigenvalue weighted by Gasteiger charge is -2.33. The predicted octanol–water partition coefficient (Wildman–Crippen LogP) is 3.09. The molecule has 3 rings (SSSR count). The van der Waals surface area contributed by atoms with Crippen LogP contribution in [-0.2, 0) is 0 Å². The van der Waals surface area contributed by atoms with Gasteiger partial charge in [0.2, 0.25) is 0 Å². The van der Waals surface area contributed by atoms with Crippen molar-refractivity contribution in [2.24, 2.45) is 0 Å². The fourth-order valence-electron chi connectivity index (χ4n) is 2.43. The van der Waals surface area contributed by atoms with Gasteiger partial charge >= 0.3 is 0 Å². The van der Waals surface area contributed by atoms with Gasteiger partial charge in [-0.1, -0.05) is 48.5 Å². The molecule has 0 aliphatic carbocycles. The highest BCUT2D eigenvalue weighted by atomic mass is 16.5. The zero-order valence-electron chi connectivity index (χ0n) is 12.6. The van der Waals surface area contributed by atoms with Crippen LogP contribution in [0.3, 0.4) is 0 Å². The molecule has 3 nitrogen and oxygen atoms in total. The molecule has 3 heteroatoms. The van der Waals surface area contributed by atoms with Crippen molar-refractivity contribution in [1.29, 1.82) is 0 Å². The maximum absolute atomic E-state index is 8.44. The van der Waals surface area contributed by atoms with Gasteiger partial charge in [-0.05, 0) is 25.0 Å². The van der Waals surface area contributed by atoms with E-state index in [0.29, 0.717) is 18.7 Å². The van der Waals surface area contributed by atoms with Gasteiger partial charge in [0.25, 0.3) is 0 Å². The Kier molecular flexibility index (Phi) is 5.78. The van der Waals surface area contributed by atoms with Crippen molar-refractivity contribution in [3.63, 3.8) is 0 Å². The molecule has 2 atom stereocenters. The van der Waals surface area contributed by atoms with Crippen molar-refractivity contribution in [2.45, 2.75) is 25.4 Å². The molecule has 1 saturated heterocycles. The van der Waals surface area contributed by atoms with Crippen molar-refractivity contribution in [2.75, 3.05) is 13.7 Å². The van der Waals surface area contributed by atoms with Crippen LogP contribution in [0, 0.1) is 0 Å². The topological polar surface area (TPSA) is 41.5 Å². The molecule has 2 aromatic carbocycles. The fraction of sp³-hybridized carbons (Fsp3) is 0.333. The van der Waals surface area contributed by atoms with Gasteiger partial charge in [0.05, 0.1) is 13.7 Å². The quantitative estimate of drug-likeness (QED) is 0.910. The van der Waals surface area contributed by atoms with E-state index in [0.717, 1.165) is 17.7 Å². The maximum Gasteiger partial charge on any atom is 0.126 e. The van der Waals surface area contributed by atoms with Crippen LogP contribution in [-0.4, -0.2) is 30.9 Å². The number of aliphatic hydroxyl groups is 1. The first kappa shape index (κ1) is 15.5. The summed E-state index contributed by atoms with van der Waals surface area (Å²) in [6, 6.07) is 19.3. The smallest absolute Gasteiger partial charge is 0.126 e. The number of rotatable bonds is 3. The minimum absolute atomic E-state index is 0.296. The summed E-state index contributed by atoms with van der Waals surface area (Å²) >= 11 is 0. The number of aliphatic hydroxyl groups excluding tert-OH is 1. The summed E-state index contributed by atoms with van der Waals surface area (Å²) < 4.78 is 5.30. The van der Waals surface area contributed by atoms with Crippen molar-refractivity contribution < 1.29 is 9.84 Å². The SMILES string of the molecule is CC1CC(CO)N1.COc1ccccc1-c1ccccc1. The number of hydrogen-bond donors (Lipinski definition) is 2. The summed E-state index contributed by atoms with van der Waals surface area (Å²) in [6.07, 6.45) is 1.14. The van der Waals surface area contributed by atoms with Crippen molar-refractivity contribution in [3.8, 4) is 16.9 Å². The Morgan fingerprint density at radius 2 is 1.71 bits per heavy atom. The van der Waals surface area contributed by atoms with Gasteiger partial charge in [0.15, 0.2) is 0 Å². The van der Waals surface area contributed by atoms with Crippen LogP contribution >= 0.6 is 0 Å². The Morgan fingerprint density at radius 1 is 1.10 bits per heavy atom. The zero-order valence-corrected chi connectivity index (χ0v) is 12.6. The summed E-state index contributed by atoms with van der Waals surface area (Å²) in [4.78, 5) is 0. The van der Waals surface area contributed by atoms with E-state index in [1.54, 1.807) is 7.11 Å². The highest BCUT2D eigenvalue weighted by molar-refractivity contribution is 5.70. The third-order valence-electron chi connectivity index (χ3n) is 3.57. The van der Waals surface area contributed by atoms with Crippen molar-refractivity contribution >= 4 is 0 Å². The Morgan fingerprint density at radius 3 is 2.24 bits per heavy atom. The summed E-state index contributed by atoms with van der Waals surface area (Å²) in [6.45, 7) is 2.41. The molecular weight excluding hydrogens is 262 g/mol. The first-order valence-corrected chi connectivity index (χ1v) is 7.30. The first-order chi connectivity index (χ1) is 10.2. The van der Waals surface area contributed by atoms with Gasteiger partial charge in [-0.15, -0.1) is 0 Å². The minimum Gasteiger partial charge on any atom is -0.496 e. The third-order valence-corrected chi connectivity index (χ3v) is 3.57. The van der Waals surface area contributed by atoms with E-state index in [-0.39, 0.29) is 0 Å². The Balaban J connectivity index is 0.000000194. The summed E-state index contributed by atoms with van der Waals surface area (Å²) in [7, 11) is 1.70. The third kappa shape index (κ3) is 4.31. The van der Waals surface area contributed by atoms with E-state index >= 15 is 0 Å². The Labute approximate surface area is 126 Å². The molecule has 0 bridgehead atoms. The van der Waals surface area contributed by atoms with E-state index in [4.69, 9.17) is 9.84 Å². The second kappa shape index (κ2) is 7.81. The van der Waals surface area contributed by atoms with Gasteiger partial charge in [0, 0.05) is 17.6 Å². The largest absolute Gasteiger partial charge is 0.496 e. The first-order valence-electron chi connectivity index (χ1n) is 7.30. The summed E-state index contributed by atoms with van der Waals surface area (Å²) in [5.41, 5.74) is 2.32. The Bertz CT molecular complexity index is 536. The molecule has 2 unspecified atom stereocenters. The van der Waals surface area contributed by atoms with Gasteiger partial charge in [-0.3, -0.25) is 0 Å². The minimum atomic E-state index is 0.296. The van der Waals surface area contributed by atoms with Crippen LogP contribution < -0.4 is 10.1 Å². The van der Waals surface area contributed by atoms with Gasteiger partial charge in [-0.25, -0.2) is 0 Å². The molecule has 2 N–H and O–H groups in total. The number of para-hydroxylation sites is 1. The van der Waals surface area contributed by atoms with E-state index in [9.17, 15) is 0 Å². The van der Waals surface area contributed by atoms with Crippen LogP contribution in [0.2, 0.25) is 0 Å². The van der Waals surface area contributed by atoms with E-state index in [2.05, 4.69) is 30.4 Å². The number of methoxy groups -OCH3 is 1. The predicted molar refractivity (Wildman–Crippen MR) is 86.5 cm³/mol. The number of benzene rings is 2. The van der Waals surface area contributed by atoms with Crippen LogP contribution in [0.25, 0.3) is 11.1 Å². The number of nitrogens with one attached hydrogen (secondary N) is 1. The lowest BCUT2D eigenvalue weighted by Crippen LogP contribution is -2.52. The lowest BCUT2D eigenvalue weighted by atomic mass is 10.00. The molecule has 0 aromatic heterocycles. The second-order valence-corrected chi connectivity index (χ2v) is 5.25. The van der Waals surface area contributed by atoms with Crippen LogP contribution in [0.15, 0.2) is 54.6 Å². The number of hydrogen-bond acceptors (Lipinski definition) is 3. The lowest BCUT2D eigenvalue weighted by molar-refractivity contribution is 0.166. The monoisotopic (exact) mass is 285 g/mol. The Hall–Kier alpha value is -1.84. The molecule has 1 heterocycles. The highest BCUT2D eigenvalue weighted by Gasteiger charge is 2.22. The van der Waals surface area contributed by atoms with E-state index in [1.165, 1.54) is 5.56 Å². The molecule has 0 amide bonds. The molecule has 0 spiro atoms. The molecule has 0 saturated carbocycles. The average Bonchev–Trinajstić information content (AvgIpc) is 2.53. The van der Waals surface area contributed by atoms with Gasteiger partial charge in [0.1, 0.15) is 5.75 Å². The van der Waals surface area contributed by atoms with E-state index < -0.39 is 0 Å². The maximum atomic E-state index is 8.44. The van der Waals surface area contributed by atoms with E-state index in [1.807, 2.05) is 36.4 Å². The molecule has 2 aromatic rings. The van der Waals surface area contributed by atoms with Gasteiger partial charge < -0.3 is 15.2 Å². The summed E-state index contributed by atoms with van der Waals surface area (Å²) in [5.74, 6) is 0.915. The molecule has 112 valence electrons. The highest BCUT2D eigenvalue weighted by Crippen LogP contribution is 2.28. The molecular formula is C18H23NO2. The standard InChI is InChI=1S/C13H12O.C5H11NO/c1-14-13-10-6-5-9-12(13)11-7-3-2-4-8-11;1-4-2-5(3-7)6-4/h2-10H,1H3;4-7H,2-3H2,1H3. The zero-order chi connectivity index (χ0) is 15.1. The number of ether oxygens (including phenoxy) is 1. The molecule has 0 radical (unpaired) electrons. The van der Waals surface area contributed by atoms with Crippen molar-refractivity contribution in [3.05, 3.63) is 54.6 Å².